The largest absolute Gasteiger partial charge is 0.330 e. The summed E-state index contributed by atoms with van der Waals surface area (Å²) in [7, 11) is 1.45. The van der Waals surface area contributed by atoms with Gasteiger partial charge in [0.2, 0.25) is 5.91 Å². The van der Waals surface area contributed by atoms with Gasteiger partial charge < -0.3 is 4.90 Å². The average Bonchev–Trinajstić information content (AvgIpc) is 2.32. The van der Waals surface area contributed by atoms with E-state index in [0.29, 0.717) is 0 Å². The van der Waals surface area contributed by atoms with Crippen LogP contribution in [-0.2, 0) is 11.2 Å². The molecule has 90 valence electrons. The number of carbonyl (C=O) groups is 1. The van der Waals surface area contributed by atoms with E-state index in [1.165, 1.54) is 24.1 Å². The van der Waals surface area contributed by atoms with Crippen LogP contribution in [0, 0.1) is 23.0 Å². The number of amides is 1. The van der Waals surface area contributed by atoms with Crippen molar-refractivity contribution in [2.24, 2.45) is 0 Å². The summed E-state index contributed by atoms with van der Waals surface area (Å²) in [6.07, 6.45) is -0.258. The van der Waals surface area contributed by atoms with Crippen LogP contribution < -0.4 is 0 Å². The highest BCUT2D eigenvalue weighted by atomic mass is 19.2. The summed E-state index contributed by atoms with van der Waals surface area (Å²) in [5.74, 6) is -2.42. The Morgan fingerprint density at radius 3 is 2.76 bits per heavy atom. The highest BCUT2D eigenvalue weighted by Crippen LogP contribution is 2.13. The van der Waals surface area contributed by atoms with Gasteiger partial charge in [-0.2, -0.15) is 5.26 Å². The van der Waals surface area contributed by atoms with Crippen molar-refractivity contribution in [2.75, 3.05) is 7.05 Å². The molecule has 17 heavy (non-hydrogen) atoms. The lowest BCUT2D eigenvalue weighted by molar-refractivity contribution is -0.130. The van der Waals surface area contributed by atoms with Crippen molar-refractivity contribution in [3.63, 3.8) is 0 Å². The Bertz CT molecular complexity index is 468. The molecule has 0 aliphatic rings. The van der Waals surface area contributed by atoms with Gasteiger partial charge in [0.05, 0.1) is 12.5 Å². The highest BCUT2D eigenvalue weighted by Gasteiger charge is 2.18. The molecule has 0 saturated heterocycles. The maximum absolute atomic E-state index is 13.3. The Morgan fingerprint density at radius 2 is 2.18 bits per heavy atom. The molecule has 3 nitrogen and oxygen atoms in total. The predicted octanol–water partition coefficient (Wildman–Crippen LogP) is 1.88. The SMILES string of the molecule is CC(C#N)N(C)C(=O)Cc1cccc(F)c1F. The summed E-state index contributed by atoms with van der Waals surface area (Å²) >= 11 is 0. The maximum atomic E-state index is 13.3. The summed E-state index contributed by atoms with van der Waals surface area (Å²) in [6, 6.07) is 4.98. The first-order chi connectivity index (χ1) is 7.97. The lowest BCUT2D eigenvalue weighted by Crippen LogP contribution is -2.35. The molecular formula is C12H12F2N2O. The first-order valence-corrected chi connectivity index (χ1v) is 5.05. The normalized spacial score (nSPS) is 11.7. The maximum Gasteiger partial charge on any atom is 0.227 e. The molecule has 0 aromatic heterocycles. The first kappa shape index (κ1) is 13.1. The van der Waals surface area contributed by atoms with Crippen molar-refractivity contribution in [2.45, 2.75) is 19.4 Å². The van der Waals surface area contributed by atoms with E-state index < -0.39 is 23.6 Å². The van der Waals surface area contributed by atoms with Crippen molar-refractivity contribution >= 4 is 5.91 Å². The number of hydrogen-bond donors (Lipinski definition) is 0. The summed E-state index contributed by atoms with van der Waals surface area (Å²) in [5, 5.41) is 8.64. The Kier molecular flexibility index (Phi) is 4.16. The van der Waals surface area contributed by atoms with Gasteiger partial charge in [0.25, 0.3) is 0 Å². The molecule has 1 amide bonds. The van der Waals surface area contributed by atoms with Crippen LogP contribution in [0.3, 0.4) is 0 Å². The molecule has 1 rings (SSSR count). The first-order valence-electron chi connectivity index (χ1n) is 5.05. The summed E-state index contributed by atoms with van der Waals surface area (Å²) in [4.78, 5) is 12.9. The molecule has 0 aliphatic carbocycles. The zero-order valence-corrected chi connectivity index (χ0v) is 9.58. The van der Waals surface area contributed by atoms with Crippen LogP contribution >= 0.6 is 0 Å². The van der Waals surface area contributed by atoms with E-state index in [1.54, 1.807) is 6.92 Å². The van der Waals surface area contributed by atoms with Crippen molar-refractivity contribution < 1.29 is 13.6 Å². The van der Waals surface area contributed by atoms with E-state index in [4.69, 9.17) is 5.26 Å². The van der Waals surface area contributed by atoms with Crippen LogP contribution in [0.1, 0.15) is 12.5 Å². The summed E-state index contributed by atoms with van der Waals surface area (Å²) < 4.78 is 26.2. The minimum Gasteiger partial charge on any atom is -0.330 e. The van der Waals surface area contributed by atoms with E-state index in [1.807, 2.05) is 6.07 Å². The van der Waals surface area contributed by atoms with E-state index in [0.717, 1.165) is 6.07 Å². The van der Waals surface area contributed by atoms with E-state index in [-0.39, 0.29) is 12.0 Å². The molecule has 5 heteroatoms. The Balaban J connectivity index is 2.82. The van der Waals surface area contributed by atoms with Crippen LogP contribution in [0.15, 0.2) is 18.2 Å². The minimum absolute atomic E-state index is 0.00742. The third-order valence-electron chi connectivity index (χ3n) is 2.53. The molecule has 1 unspecified atom stereocenters. The third kappa shape index (κ3) is 3.00. The fraction of sp³-hybridized carbons (Fsp3) is 0.333. The van der Waals surface area contributed by atoms with Crippen molar-refractivity contribution in [1.82, 2.24) is 4.90 Å². The zero-order chi connectivity index (χ0) is 13.0. The second kappa shape index (κ2) is 5.39. The number of hydrogen-bond acceptors (Lipinski definition) is 2. The molecule has 0 radical (unpaired) electrons. The van der Waals surface area contributed by atoms with E-state index in [9.17, 15) is 13.6 Å². The Labute approximate surface area is 98.3 Å². The average molecular weight is 238 g/mol. The number of likely N-dealkylation sites (N-methyl/N-ethyl adjacent to an activating group) is 1. The lowest BCUT2D eigenvalue weighted by Gasteiger charge is -2.19. The predicted molar refractivity (Wildman–Crippen MR) is 57.9 cm³/mol. The standard InChI is InChI=1S/C12H12F2N2O/c1-8(7-15)16(2)11(17)6-9-4-3-5-10(13)12(9)14/h3-5,8H,6H2,1-2H3. The smallest absolute Gasteiger partial charge is 0.227 e. The van der Waals surface area contributed by atoms with Crippen LogP contribution in [0.2, 0.25) is 0 Å². The number of halogens is 2. The molecule has 1 aromatic rings. The molecule has 0 aliphatic heterocycles. The number of benzene rings is 1. The van der Waals surface area contributed by atoms with Gasteiger partial charge in [-0.25, -0.2) is 8.78 Å². The molecule has 0 N–H and O–H groups in total. The topological polar surface area (TPSA) is 44.1 Å². The van der Waals surface area contributed by atoms with Gasteiger partial charge in [-0.3, -0.25) is 4.79 Å². The second-order valence-corrected chi connectivity index (χ2v) is 3.70. The lowest BCUT2D eigenvalue weighted by atomic mass is 10.1. The van der Waals surface area contributed by atoms with E-state index in [2.05, 4.69) is 0 Å². The summed E-state index contributed by atoms with van der Waals surface area (Å²) in [5.41, 5.74) is -0.00742. The zero-order valence-electron chi connectivity index (χ0n) is 9.58. The Morgan fingerprint density at radius 1 is 1.53 bits per heavy atom. The second-order valence-electron chi connectivity index (χ2n) is 3.70. The van der Waals surface area contributed by atoms with Crippen LogP contribution in [0.5, 0.6) is 0 Å². The quantitative estimate of drug-likeness (QED) is 0.807. The molecule has 0 spiro atoms. The van der Waals surface area contributed by atoms with Crippen molar-refractivity contribution in [3.05, 3.63) is 35.4 Å². The fourth-order valence-corrected chi connectivity index (χ4v) is 1.28. The van der Waals surface area contributed by atoms with Crippen LogP contribution in [0.25, 0.3) is 0 Å². The number of carbonyl (C=O) groups excluding carboxylic acids is 1. The number of rotatable bonds is 3. The van der Waals surface area contributed by atoms with Crippen molar-refractivity contribution in [3.8, 4) is 6.07 Å². The van der Waals surface area contributed by atoms with Gasteiger partial charge >= 0.3 is 0 Å². The van der Waals surface area contributed by atoms with Gasteiger partial charge in [0, 0.05) is 12.6 Å². The molecule has 0 fully saturated rings. The molecule has 0 saturated carbocycles. The molecule has 0 bridgehead atoms. The van der Waals surface area contributed by atoms with Gasteiger partial charge in [-0.1, -0.05) is 12.1 Å². The summed E-state index contributed by atoms with van der Waals surface area (Å²) in [6.45, 7) is 1.56. The molecule has 0 heterocycles. The Hall–Kier alpha value is -1.96. The van der Waals surface area contributed by atoms with Gasteiger partial charge in [0.1, 0.15) is 6.04 Å². The van der Waals surface area contributed by atoms with Gasteiger partial charge in [-0.15, -0.1) is 0 Å². The highest BCUT2D eigenvalue weighted by molar-refractivity contribution is 5.79. The van der Waals surface area contributed by atoms with E-state index >= 15 is 0 Å². The fourth-order valence-electron chi connectivity index (χ4n) is 1.28. The minimum atomic E-state index is -1.01. The molecular weight excluding hydrogens is 226 g/mol. The van der Waals surface area contributed by atoms with Crippen molar-refractivity contribution in [1.29, 1.82) is 5.26 Å². The number of nitrogens with zero attached hydrogens (tertiary/aromatic N) is 2. The molecule has 1 atom stereocenters. The monoisotopic (exact) mass is 238 g/mol. The van der Waals surface area contributed by atoms with Crippen LogP contribution in [-0.4, -0.2) is 23.9 Å². The van der Waals surface area contributed by atoms with Gasteiger partial charge in [0.15, 0.2) is 11.6 Å². The number of nitriles is 1. The van der Waals surface area contributed by atoms with Gasteiger partial charge in [-0.05, 0) is 13.0 Å². The third-order valence-corrected chi connectivity index (χ3v) is 2.53. The van der Waals surface area contributed by atoms with Crippen LogP contribution in [0.4, 0.5) is 8.78 Å². The molecule has 1 aromatic carbocycles.